The molecule has 164 valence electrons. The number of amides is 3. The molecule has 0 radical (unpaired) electrons. The summed E-state index contributed by atoms with van der Waals surface area (Å²) in [6, 6.07) is 19.0. The SMILES string of the molecule is CC1=C(C)N2C(=NC3C2C(=O)N(Cc2ccccc2)C(=O)N3C)N1C(C)c1ccccc1. The van der Waals surface area contributed by atoms with Crippen LogP contribution in [0.1, 0.15) is 37.9 Å². The standard InChI is InChI=1S/C25H27N5O2/c1-16-17(2)30-21-22(26-24(30)29(16)18(3)20-13-9-6-10-14-20)27(4)25(32)28(23(21)31)15-19-11-7-5-8-12-19/h5-14,18,21-22H,15H2,1-4H3. The Balaban J connectivity index is 1.50. The third kappa shape index (κ3) is 2.92. The second-order valence-corrected chi connectivity index (χ2v) is 8.59. The Kier molecular flexibility index (Phi) is 4.77. The van der Waals surface area contributed by atoms with Gasteiger partial charge in [-0.2, -0.15) is 0 Å². The molecule has 5 rings (SSSR count). The van der Waals surface area contributed by atoms with Crippen LogP contribution in [0.5, 0.6) is 0 Å². The minimum absolute atomic E-state index is 0.0478. The van der Waals surface area contributed by atoms with Crippen molar-refractivity contribution in [2.45, 2.75) is 45.6 Å². The van der Waals surface area contributed by atoms with Crippen molar-refractivity contribution in [3.05, 3.63) is 83.2 Å². The summed E-state index contributed by atoms with van der Waals surface area (Å²) >= 11 is 0. The molecule has 0 aromatic heterocycles. The highest BCUT2D eigenvalue weighted by molar-refractivity contribution is 6.05. The van der Waals surface area contributed by atoms with E-state index in [0.29, 0.717) is 0 Å². The Morgan fingerprint density at radius 1 is 0.938 bits per heavy atom. The molecule has 3 amide bonds. The molecule has 2 aromatic carbocycles. The number of hydrogen-bond acceptors (Lipinski definition) is 5. The number of carbonyl (C=O) groups excluding carboxylic acids is 2. The fourth-order valence-corrected chi connectivity index (χ4v) is 4.89. The molecule has 3 aliphatic rings. The minimum atomic E-state index is -0.556. The van der Waals surface area contributed by atoms with E-state index in [-0.39, 0.29) is 24.5 Å². The van der Waals surface area contributed by atoms with Crippen LogP contribution in [0.25, 0.3) is 0 Å². The minimum Gasteiger partial charge on any atom is -0.307 e. The molecule has 0 saturated carbocycles. The van der Waals surface area contributed by atoms with Gasteiger partial charge in [-0.05, 0) is 31.9 Å². The highest BCUT2D eigenvalue weighted by Crippen LogP contribution is 2.41. The van der Waals surface area contributed by atoms with E-state index in [2.05, 4.69) is 30.9 Å². The van der Waals surface area contributed by atoms with E-state index < -0.39 is 12.2 Å². The highest BCUT2D eigenvalue weighted by Gasteiger charge is 2.56. The highest BCUT2D eigenvalue weighted by atomic mass is 16.2. The number of guanidine groups is 1. The van der Waals surface area contributed by atoms with Gasteiger partial charge < -0.3 is 9.80 Å². The van der Waals surface area contributed by atoms with E-state index in [0.717, 1.165) is 22.9 Å². The van der Waals surface area contributed by atoms with E-state index in [1.54, 1.807) is 11.9 Å². The molecule has 2 aromatic rings. The maximum atomic E-state index is 13.6. The van der Waals surface area contributed by atoms with Gasteiger partial charge >= 0.3 is 6.03 Å². The van der Waals surface area contributed by atoms with E-state index in [1.165, 1.54) is 10.5 Å². The quantitative estimate of drug-likeness (QED) is 0.742. The van der Waals surface area contributed by atoms with Crippen molar-refractivity contribution in [3.63, 3.8) is 0 Å². The zero-order chi connectivity index (χ0) is 22.6. The fourth-order valence-electron chi connectivity index (χ4n) is 4.89. The molecule has 0 bridgehead atoms. The second-order valence-electron chi connectivity index (χ2n) is 8.59. The van der Waals surface area contributed by atoms with Crippen LogP contribution in [0.15, 0.2) is 77.1 Å². The maximum absolute atomic E-state index is 13.6. The maximum Gasteiger partial charge on any atom is 0.328 e. The largest absolute Gasteiger partial charge is 0.328 e. The predicted molar refractivity (Wildman–Crippen MR) is 122 cm³/mol. The summed E-state index contributed by atoms with van der Waals surface area (Å²) in [5.41, 5.74) is 4.15. The van der Waals surface area contributed by atoms with E-state index >= 15 is 0 Å². The summed E-state index contributed by atoms with van der Waals surface area (Å²) in [7, 11) is 1.73. The number of hydrogen-bond donors (Lipinski definition) is 0. The van der Waals surface area contributed by atoms with Gasteiger partial charge in [0.1, 0.15) is 0 Å². The summed E-state index contributed by atoms with van der Waals surface area (Å²) in [6.07, 6.45) is -0.537. The fraction of sp³-hybridized carbons (Fsp3) is 0.320. The second kappa shape index (κ2) is 7.51. The van der Waals surface area contributed by atoms with Crippen molar-refractivity contribution < 1.29 is 9.59 Å². The molecule has 1 fully saturated rings. The van der Waals surface area contributed by atoms with Crippen molar-refractivity contribution in [1.29, 1.82) is 0 Å². The third-order valence-electron chi connectivity index (χ3n) is 6.79. The van der Waals surface area contributed by atoms with Crippen LogP contribution in [-0.4, -0.2) is 56.8 Å². The Morgan fingerprint density at radius 3 is 2.22 bits per heavy atom. The van der Waals surface area contributed by atoms with Gasteiger partial charge in [-0.3, -0.25) is 14.6 Å². The van der Waals surface area contributed by atoms with E-state index in [9.17, 15) is 9.59 Å². The van der Waals surface area contributed by atoms with Crippen LogP contribution < -0.4 is 0 Å². The molecule has 3 unspecified atom stereocenters. The summed E-state index contributed by atoms with van der Waals surface area (Å²) in [6.45, 7) is 6.48. The first-order valence-electron chi connectivity index (χ1n) is 10.9. The van der Waals surface area contributed by atoms with Gasteiger partial charge in [-0.25, -0.2) is 9.79 Å². The first-order chi connectivity index (χ1) is 15.4. The monoisotopic (exact) mass is 429 g/mol. The number of allylic oxidation sites excluding steroid dienone is 2. The van der Waals surface area contributed by atoms with E-state index in [4.69, 9.17) is 4.99 Å². The first-order valence-corrected chi connectivity index (χ1v) is 10.9. The lowest BCUT2D eigenvalue weighted by molar-refractivity contribution is -0.137. The van der Waals surface area contributed by atoms with Crippen LogP contribution in [0.3, 0.4) is 0 Å². The van der Waals surface area contributed by atoms with Crippen LogP contribution in [0, 0.1) is 0 Å². The van der Waals surface area contributed by atoms with Crippen molar-refractivity contribution >= 4 is 17.9 Å². The summed E-state index contributed by atoms with van der Waals surface area (Å²) in [5.74, 6) is 0.531. The molecular weight excluding hydrogens is 402 g/mol. The molecule has 0 N–H and O–H groups in total. The van der Waals surface area contributed by atoms with E-state index in [1.807, 2.05) is 60.4 Å². The first kappa shape index (κ1) is 20.3. The molecule has 32 heavy (non-hydrogen) atoms. The number of imide groups is 1. The number of urea groups is 1. The number of benzene rings is 2. The van der Waals surface area contributed by atoms with Crippen LogP contribution in [-0.2, 0) is 11.3 Å². The predicted octanol–water partition coefficient (Wildman–Crippen LogP) is 3.78. The van der Waals surface area contributed by atoms with Crippen molar-refractivity contribution in [2.75, 3.05) is 7.05 Å². The average Bonchev–Trinajstić information content (AvgIpc) is 3.31. The molecule has 0 aliphatic carbocycles. The van der Waals surface area contributed by atoms with Crippen LogP contribution >= 0.6 is 0 Å². The molecular formula is C25H27N5O2. The number of nitrogens with zero attached hydrogens (tertiary/aromatic N) is 5. The number of likely N-dealkylation sites (N-methyl/N-ethyl adjacent to an activating group) is 1. The summed E-state index contributed by atoms with van der Waals surface area (Å²) in [4.78, 5) is 38.8. The molecule has 3 aliphatic heterocycles. The lowest BCUT2D eigenvalue weighted by atomic mass is 10.1. The Bertz CT molecular complexity index is 1130. The molecule has 7 nitrogen and oxygen atoms in total. The zero-order valence-corrected chi connectivity index (χ0v) is 18.8. The lowest BCUT2D eigenvalue weighted by Crippen LogP contribution is -2.64. The number of fused-ring (bicyclic) bond motifs is 3. The van der Waals surface area contributed by atoms with Gasteiger partial charge in [-0.1, -0.05) is 60.7 Å². The van der Waals surface area contributed by atoms with Gasteiger partial charge in [0.15, 0.2) is 12.2 Å². The average molecular weight is 430 g/mol. The Labute approximate surface area is 188 Å². The molecule has 3 heterocycles. The topological polar surface area (TPSA) is 59.5 Å². The molecule has 7 heteroatoms. The molecule has 0 spiro atoms. The number of aliphatic imine (C=N–C) groups is 1. The van der Waals surface area contributed by atoms with Gasteiger partial charge in [0, 0.05) is 18.4 Å². The third-order valence-corrected chi connectivity index (χ3v) is 6.79. The summed E-state index contributed by atoms with van der Waals surface area (Å²) in [5, 5.41) is 0. The normalized spacial score (nSPS) is 23.6. The van der Waals surface area contributed by atoms with Gasteiger partial charge in [-0.15, -0.1) is 0 Å². The lowest BCUT2D eigenvalue weighted by Gasteiger charge is -2.40. The molecule has 1 saturated heterocycles. The Morgan fingerprint density at radius 2 is 1.56 bits per heavy atom. The number of rotatable bonds is 4. The molecule has 3 atom stereocenters. The van der Waals surface area contributed by atoms with Gasteiger partial charge in [0.05, 0.1) is 12.6 Å². The van der Waals surface area contributed by atoms with Crippen LogP contribution in [0.4, 0.5) is 4.79 Å². The van der Waals surface area contributed by atoms with Crippen LogP contribution in [0.2, 0.25) is 0 Å². The summed E-state index contributed by atoms with van der Waals surface area (Å²) < 4.78 is 0. The van der Waals surface area contributed by atoms with Gasteiger partial charge in [0.2, 0.25) is 5.96 Å². The van der Waals surface area contributed by atoms with Crippen molar-refractivity contribution in [1.82, 2.24) is 19.6 Å². The smallest absolute Gasteiger partial charge is 0.307 e. The van der Waals surface area contributed by atoms with Crippen molar-refractivity contribution in [2.24, 2.45) is 4.99 Å². The Hall–Kier alpha value is -3.61. The zero-order valence-electron chi connectivity index (χ0n) is 18.8. The van der Waals surface area contributed by atoms with Crippen molar-refractivity contribution in [3.8, 4) is 0 Å². The number of carbonyl (C=O) groups is 2. The van der Waals surface area contributed by atoms with Gasteiger partial charge in [0.25, 0.3) is 5.91 Å².